The van der Waals surface area contributed by atoms with E-state index in [0.29, 0.717) is 11.7 Å². The van der Waals surface area contributed by atoms with E-state index in [2.05, 4.69) is 27.1 Å². The van der Waals surface area contributed by atoms with Gasteiger partial charge in [0.2, 0.25) is 0 Å². The molecule has 2 aromatic rings. The molecule has 2 N–H and O–H groups in total. The Bertz CT molecular complexity index is 681. The second kappa shape index (κ2) is 5.42. The monoisotopic (exact) mass is 289 g/mol. The van der Waals surface area contributed by atoms with E-state index in [1.807, 2.05) is 11.6 Å². The van der Waals surface area contributed by atoms with Crippen molar-refractivity contribution in [3.8, 4) is 0 Å². The van der Waals surface area contributed by atoms with Crippen LogP contribution in [-0.4, -0.2) is 56.2 Å². The summed E-state index contributed by atoms with van der Waals surface area (Å²) in [5.74, 6) is -0.107. The number of carboxylic acid groups (broad SMARTS) is 1. The first-order valence-electron chi connectivity index (χ1n) is 7.06. The molecule has 0 spiro atoms. The average Bonchev–Trinajstić information content (AvgIpc) is 2.77. The molecule has 0 saturated carbocycles. The third-order valence-electron chi connectivity index (χ3n) is 4.01. The fourth-order valence-corrected chi connectivity index (χ4v) is 2.67. The summed E-state index contributed by atoms with van der Waals surface area (Å²) in [4.78, 5) is 22.1. The van der Waals surface area contributed by atoms with Crippen molar-refractivity contribution in [2.75, 3.05) is 19.6 Å². The molecule has 21 heavy (non-hydrogen) atoms. The number of aromatic nitrogens is 3. The summed E-state index contributed by atoms with van der Waals surface area (Å²) in [5.41, 5.74) is 1.40. The predicted molar refractivity (Wildman–Crippen MR) is 78.2 cm³/mol. The smallest absolute Gasteiger partial charge is 0.354 e. The molecule has 1 fully saturated rings. The van der Waals surface area contributed by atoms with Gasteiger partial charge in [-0.3, -0.25) is 4.90 Å². The van der Waals surface area contributed by atoms with Crippen molar-refractivity contribution >= 4 is 17.1 Å². The first kappa shape index (κ1) is 14.0. The van der Waals surface area contributed by atoms with Crippen LogP contribution in [0.4, 0.5) is 0 Å². The molecule has 112 valence electrons. The van der Waals surface area contributed by atoms with Gasteiger partial charge in [0.1, 0.15) is 11.3 Å². The maximum absolute atomic E-state index is 11.0. The summed E-state index contributed by atoms with van der Waals surface area (Å²) < 4.78 is 1.89. The van der Waals surface area contributed by atoms with Gasteiger partial charge in [-0.2, -0.15) is 0 Å². The van der Waals surface area contributed by atoms with Crippen molar-refractivity contribution in [3.63, 3.8) is 0 Å². The Morgan fingerprint density at radius 3 is 3.00 bits per heavy atom. The average molecular weight is 289 g/mol. The quantitative estimate of drug-likeness (QED) is 0.854. The van der Waals surface area contributed by atoms with Crippen LogP contribution in [0.5, 0.6) is 0 Å². The molecular weight excluding hydrogens is 270 g/mol. The number of carboxylic acids is 1. The summed E-state index contributed by atoms with van der Waals surface area (Å²) >= 11 is 0. The number of rotatable bonds is 3. The van der Waals surface area contributed by atoms with Gasteiger partial charge in [-0.15, -0.1) is 0 Å². The Morgan fingerprint density at radius 2 is 2.29 bits per heavy atom. The molecule has 1 atom stereocenters. The second-order valence-electron chi connectivity index (χ2n) is 5.46. The van der Waals surface area contributed by atoms with Crippen LogP contribution in [0.2, 0.25) is 0 Å². The topological polar surface area (TPSA) is 83.3 Å². The first-order valence-corrected chi connectivity index (χ1v) is 7.06. The molecule has 1 aliphatic heterocycles. The molecule has 2 aromatic heterocycles. The van der Waals surface area contributed by atoms with Gasteiger partial charge >= 0.3 is 5.97 Å². The van der Waals surface area contributed by atoms with Crippen LogP contribution in [0.15, 0.2) is 12.1 Å². The Morgan fingerprint density at radius 1 is 1.48 bits per heavy atom. The molecule has 0 unspecified atom stereocenters. The maximum Gasteiger partial charge on any atom is 0.354 e. The first-order chi connectivity index (χ1) is 10.1. The van der Waals surface area contributed by atoms with Crippen LogP contribution in [0.3, 0.4) is 0 Å². The molecule has 7 nitrogen and oxygen atoms in total. The van der Waals surface area contributed by atoms with Gasteiger partial charge in [0, 0.05) is 32.7 Å². The van der Waals surface area contributed by atoms with E-state index in [1.165, 1.54) is 6.07 Å². The Kier molecular flexibility index (Phi) is 3.60. The standard InChI is InChI=1S/C14H19N5O2/c1-9-7-15-5-6-19(9)8-12-16-10-3-4-11(14(20)21)17-13(10)18(12)2/h3-4,9,15H,5-8H2,1-2H3,(H,20,21)/t9-/m0/s1. The predicted octanol–water partition coefficient (Wildman–Crippen LogP) is 0.460. The van der Waals surface area contributed by atoms with E-state index in [1.54, 1.807) is 6.07 Å². The molecule has 0 aromatic carbocycles. The van der Waals surface area contributed by atoms with Crippen molar-refractivity contribution < 1.29 is 9.90 Å². The number of imidazole rings is 1. The highest BCUT2D eigenvalue weighted by atomic mass is 16.4. The molecule has 0 radical (unpaired) electrons. The van der Waals surface area contributed by atoms with Gasteiger partial charge in [0.05, 0.1) is 6.54 Å². The van der Waals surface area contributed by atoms with E-state index in [9.17, 15) is 4.79 Å². The summed E-state index contributed by atoms with van der Waals surface area (Å²) in [6.45, 7) is 5.88. The highest BCUT2D eigenvalue weighted by molar-refractivity contribution is 5.88. The summed E-state index contributed by atoms with van der Waals surface area (Å²) in [5, 5.41) is 12.4. The zero-order valence-corrected chi connectivity index (χ0v) is 12.2. The van der Waals surface area contributed by atoms with E-state index in [0.717, 1.165) is 37.5 Å². The lowest BCUT2D eigenvalue weighted by atomic mass is 10.2. The number of piperazine rings is 1. The third kappa shape index (κ3) is 2.62. The highest BCUT2D eigenvalue weighted by Crippen LogP contribution is 2.16. The normalized spacial score (nSPS) is 20.0. The van der Waals surface area contributed by atoms with Crippen molar-refractivity contribution in [1.82, 2.24) is 24.8 Å². The number of carbonyl (C=O) groups is 1. The highest BCUT2D eigenvalue weighted by Gasteiger charge is 2.21. The minimum absolute atomic E-state index is 0.0487. The minimum Gasteiger partial charge on any atom is -0.477 e. The van der Waals surface area contributed by atoms with Gasteiger partial charge in [-0.05, 0) is 19.1 Å². The van der Waals surface area contributed by atoms with E-state index in [-0.39, 0.29) is 5.69 Å². The van der Waals surface area contributed by atoms with Gasteiger partial charge in [0.15, 0.2) is 11.3 Å². The van der Waals surface area contributed by atoms with Crippen LogP contribution in [0, 0.1) is 0 Å². The van der Waals surface area contributed by atoms with E-state index < -0.39 is 5.97 Å². The molecule has 1 aliphatic rings. The number of hydrogen-bond donors (Lipinski definition) is 2. The number of pyridine rings is 1. The van der Waals surface area contributed by atoms with Crippen molar-refractivity contribution in [1.29, 1.82) is 0 Å². The van der Waals surface area contributed by atoms with E-state index >= 15 is 0 Å². The van der Waals surface area contributed by atoms with Crippen LogP contribution in [-0.2, 0) is 13.6 Å². The molecule has 1 saturated heterocycles. The summed E-state index contributed by atoms with van der Waals surface area (Å²) in [6, 6.07) is 3.67. The number of nitrogens with one attached hydrogen (secondary N) is 1. The molecule has 0 amide bonds. The molecule has 7 heteroatoms. The lowest BCUT2D eigenvalue weighted by Gasteiger charge is -2.33. The third-order valence-corrected chi connectivity index (χ3v) is 4.01. The van der Waals surface area contributed by atoms with Crippen LogP contribution in [0.1, 0.15) is 23.2 Å². The lowest BCUT2D eigenvalue weighted by Crippen LogP contribution is -2.49. The largest absolute Gasteiger partial charge is 0.477 e. The van der Waals surface area contributed by atoms with Crippen molar-refractivity contribution in [2.24, 2.45) is 7.05 Å². The number of hydrogen-bond acceptors (Lipinski definition) is 5. The van der Waals surface area contributed by atoms with Crippen molar-refractivity contribution in [2.45, 2.75) is 19.5 Å². The Balaban J connectivity index is 1.92. The summed E-state index contributed by atoms with van der Waals surface area (Å²) in [7, 11) is 1.89. The number of aromatic carboxylic acids is 1. The zero-order chi connectivity index (χ0) is 15.0. The molecule has 0 bridgehead atoms. The van der Waals surface area contributed by atoms with Crippen molar-refractivity contribution in [3.05, 3.63) is 23.7 Å². The SMILES string of the molecule is C[C@H]1CNCCN1Cc1nc2ccc(C(=O)O)nc2n1C. The molecule has 0 aliphatic carbocycles. The summed E-state index contributed by atoms with van der Waals surface area (Å²) in [6.07, 6.45) is 0. The van der Waals surface area contributed by atoms with Crippen LogP contribution < -0.4 is 5.32 Å². The molecule has 3 heterocycles. The zero-order valence-electron chi connectivity index (χ0n) is 12.2. The molecule has 3 rings (SSSR count). The maximum atomic E-state index is 11.0. The second-order valence-corrected chi connectivity index (χ2v) is 5.46. The fourth-order valence-electron chi connectivity index (χ4n) is 2.67. The number of nitrogens with zero attached hydrogens (tertiary/aromatic N) is 4. The lowest BCUT2D eigenvalue weighted by molar-refractivity contribution is 0.0691. The van der Waals surface area contributed by atoms with Gasteiger partial charge in [-0.25, -0.2) is 14.8 Å². The van der Waals surface area contributed by atoms with E-state index in [4.69, 9.17) is 5.11 Å². The Labute approximate surface area is 122 Å². The number of fused-ring (bicyclic) bond motifs is 1. The van der Waals surface area contributed by atoms with Crippen LogP contribution in [0.25, 0.3) is 11.2 Å². The van der Waals surface area contributed by atoms with Gasteiger partial charge < -0.3 is 15.0 Å². The minimum atomic E-state index is -1.02. The molecular formula is C14H19N5O2. The fraction of sp³-hybridized carbons (Fsp3) is 0.500. The van der Waals surface area contributed by atoms with Crippen LogP contribution >= 0.6 is 0 Å². The van der Waals surface area contributed by atoms with Gasteiger partial charge in [-0.1, -0.05) is 0 Å². The Hall–Kier alpha value is -1.99. The van der Waals surface area contributed by atoms with Gasteiger partial charge in [0.25, 0.3) is 0 Å². The number of aryl methyl sites for hydroxylation is 1.